The zero-order valence-corrected chi connectivity index (χ0v) is 17.4. The topological polar surface area (TPSA) is 113 Å². The number of nitrogens with zero attached hydrogens (tertiary/aromatic N) is 4. The van der Waals surface area contributed by atoms with Crippen LogP contribution in [-0.2, 0) is 16.1 Å². The Morgan fingerprint density at radius 2 is 2.06 bits per heavy atom. The largest absolute Gasteiger partial charge is 0.351 e. The third-order valence-electron chi connectivity index (χ3n) is 5.47. The first-order chi connectivity index (χ1) is 15.0. The quantitative estimate of drug-likeness (QED) is 0.417. The van der Waals surface area contributed by atoms with E-state index in [1.165, 1.54) is 16.7 Å². The van der Waals surface area contributed by atoms with Gasteiger partial charge in [-0.3, -0.25) is 14.9 Å². The van der Waals surface area contributed by atoms with Gasteiger partial charge in [-0.15, -0.1) is 0 Å². The third-order valence-corrected chi connectivity index (χ3v) is 5.47. The Bertz CT molecular complexity index is 1240. The molecular weight excluding hydrogens is 394 g/mol. The Balaban J connectivity index is 1.50. The van der Waals surface area contributed by atoms with Gasteiger partial charge in [0.05, 0.1) is 12.6 Å². The number of aromatic nitrogens is 4. The van der Waals surface area contributed by atoms with E-state index in [4.69, 9.17) is 0 Å². The zero-order valence-electron chi connectivity index (χ0n) is 17.4. The second kappa shape index (κ2) is 7.50. The van der Waals surface area contributed by atoms with Crippen molar-refractivity contribution in [3.63, 3.8) is 0 Å². The fraction of sp³-hybridized carbons (Fsp3) is 0.318. The van der Waals surface area contributed by atoms with Crippen LogP contribution in [0.1, 0.15) is 41.5 Å². The van der Waals surface area contributed by atoms with E-state index < -0.39 is 0 Å². The number of carbonyl (C=O) groups is 2. The normalized spacial score (nSPS) is 17.4. The highest BCUT2D eigenvalue weighted by Crippen LogP contribution is 2.26. The van der Waals surface area contributed by atoms with Gasteiger partial charge in [0.25, 0.3) is 5.91 Å². The number of imide groups is 1. The maximum Gasteiger partial charge on any atom is 0.254 e. The van der Waals surface area contributed by atoms with Crippen molar-refractivity contribution in [2.24, 2.45) is 0 Å². The molecule has 3 aromatic rings. The monoisotopic (exact) mass is 417 g/mol. The van der Waals surface area contributed by atoms with E-state index in [-0.39, 0.29) is 18.2 Å². The summed E-state index contributed by atoms with van der Waals surface area (Å²) in [5.41, 5.74) is 5.21. The molecule has 1 aliphatic carbocycles. The van der Waals surface area contributed by atoms with Crippen molar-refractivity contribution in [2.45, 2.75) is 45.7 Å². The Morgan fingerprint density at radius 3 is 2.81 bits per heavy atom. The van der Waals surface area contributed by atoms with Gasteiger partial charge >= 0.3 is 0 Å². The average molecular weight is 417 g/mol. The van der Waals surface area contributed by atoms with Crippen LogP contribution >= 0.6 is 0 Å². The molecule has 2 aliphatic rings. The Kier molecular flexibility index (Phi) is 4.65. The molecule has 3 N–H and O–H groups in total. The van der Waals surface area contributed by atoms with Crippen LogP contribution in [0, 0.1) is 13.8 Å². The maximum absolute atomic E-state index is 12.0. The number of fused-ring (bicyclic) bond motifs is 1. The number of benzene rings is 1. The lowest BCUT2D eigenvalue weighted by molar-refractivity contribution is -0.124. The highest BCUT2D eigenvalue weighted by Gasteiger charge is 2.26. The minimum atomic E-state index is -0.372. The third kappa shape index (κ3) is 3.98. The lowest BCUT2D eigenvalue weighted by Gasteiger charge is -2.12. The van der Waals surface area contributed by atoms with E-state index in [0.29, 0.717) is 41.3 Å². The van der Waals surface area contributed by atoms with Crippen molar-refractivity contribution < 1.29 is 9.59 Å². The number of hydrogen-bond acceptors (Lipinski definition) is 7. The smallest absolute Gasteiger partial charge is 0.254 e. The van der Waals surface area contributed by atoms with Crippen molar-refractivity contribution in [3.8, 4) is 0 Å². The van der Waals surface area contributed by atoms with Gasteiger partial charge < -0.3 is 10.6 Å². The number of anilines is 2. The van der Waals surface area contributed by atoms with Crippen LogP contribution in [-0.4, -0.2) is 37.4 Å². The van der Waals surface area contributed by atoms with E-state index in [1.807, 2.05) is 0 Å². The Hall–Kier alpha value is -3.75. The van der Waals surface area contributed by atoms with Gasteiger partial charge in [-0.05, 0) is 43.9 Å². The van der Waals surface area contributed by atoms with Gasteiger partial charge in [0.1, 0.15) is 0 Å². The van der Waals surface area contributed by atoms with Gasteiger partial charge in [0.2, 0.25) is 17.8 Å². The SMILES string of the molecule is Cc1ccc(C)c(CNc2nc(NC3CC3)n3ncc(/C=C4\CC(=O)NC4=O)c3n2)c1. The molecule has 0 spiro atoms. The molecule has 1 aromatic carbocycles. The molecule has 9 nitrogen and oxygen atoms in total. The van der Waals surface area contributed by atoms with Crippen LogP contribution < -0.4 is 16.0 Å². The molecule has 5 rings (SSSR count). The molecule has 3 heterocycles. The van der Waals surface area contributed by atoms with Crippen LogP contribution in [0.5, 0.6) is 0 Å². The highest BCUT2D eigenvalue weighted by molar-refractivity contribution is 6.15. The number of aryl methyl sites for hydroxylation is 2. The molecule has 1 saturated carbocycles. The number of nitrogens with one attached hydrogen (secondary N) is 3. The van der Waals surface area contributed by atoms with Crippen LogP contribution in [0.25, 0.3) is 11.7 Å². The number of rotatable bonds is 6. The summed E-state index contributed by atoms with van der Waals surface area (Å²) in [6, 6.07) is 6.73. The molecule has 0 bridgehead atoms. The second-order valence-corrected chi connectivity index (χ2v) is 8.13. The second-order valence-electron chi connectivity index (χ2n) is 8.13. The summed E-state index contributed by atoms with van der Waals surface area (Å²) in [5, 5.41) is 13.4. The predicted octanol–water partition coefficient (Wildman–Crippen LogP) is 2.36. The standard InChI is InChI=1S/C22H23N7O2/c1-12-3-4-13(2)15(7-12)10-23-21-27-19-16(8-14-9-18(30)26-20(14)31)11-24-29(19)22(28-21)25-17-5-6-17/h3-4,7-8,11,17H,5-6,9-10H2,1-2H3,(H,26,30,31)(H2,23,25,27,28)/b14-8+. The number of carbonyl (C=O) groups excluding carboxylic acids is 2. The van der Waals surface area contributed by atoms with Gasteiger partial charge in [0, 0.05) is 23.7 Å². The molecular formula is C22H23N7O2. The fourth-order valence-electron chi connectivity index (χ4n) is 3.55. The van der Waals surface area contributed by atoms with Crippen LogP contribution in [0.15, 0.2) is 30.0 Å². The minimum Gasteiger partial charge on any atom is -0.351 e. The molecule has 158 valence electrons. The molecule has 9 heteroatoms. The van der Waals surface area contributed by atoms with Crippen molar-refractivity contribution >= 4 is 35.4 Å². The summed E-state index contributed by atoms with van der Waals surface area (Å²) in [5.74, 6) is 0.411. The van der Waals surface area contributed by atoms with Crippen molar-refractivity contribution in [2.75, 3.05) is 10.6 Å². The molecule has 1 aliphatic heterocycles. The van der Waals surface area contributed by atoms with Crippen molar-refractivity contribution in [1.82, 2.24) is 24.9 Å². The summed E-state index contributed by atoms with van der Waals surface area (Å²) in [4.78, 5) is 32.8. The first kappa shape index (κ1) is 19.2. The zero-order chi connectivity index (χ0) is 21.5. The molecule has 2 fully saturated rings. The molecule has 31 heavy (non-hydrogen) atoms. The number of amides is 2. The van der Waals surface area contributed by atoms with Crippen molar-refractivity contribution in [3.05, 3.63) is 52.2 Å². The highest BCUT2D eigenvalue weighted by atomic mass is 16.2. The first-order valence-corrected chi connectivity index (χ1v) is 10.3. The summed E-state index contributed by atoms with van der Waals surface area (Å²) < 4.78 is 1.64. The van der Waals surface area contributed by atoms with Gasteiger partial charge in [-0.1, -0.05) is 23.8 Å². The van der Waals surface area contributed by atoms with Crippen LogP contribution in [0.4, 0.5) is 11.9 Å². The predicted molar refractivity (Wildman–Crippen MR) is 116 cm³/mol. The van der Waals surface area contributed by atoms with Gasteiger partial charge in [-0.25, -0.2) is 0 Å². The van der Waals surface area contributed by atoms with Gasteiger partial charge in [-0.2, -0.15) is 19.6 Å². The molecule has 0 radical (unpaired) electrons. The first-order valence-electron chi connectivity index (χ1n) is 10.3. The summed E-state index contributed by atoms with van der Waals surface area (Å²) >= 11 is 0. The van der Waals surface area contributed by atoms with Crippen LogP contribution in [0.2, 0.25) is 0 Å². The summed E-state index contributed by atoms with van der Waals surface area (Å²) in [6.45, 7) is 4.74. The summed E-state index contributed by atoms with van der Waals surface area (Å²) in [7, 11) is 0. The number of hydrogen-bond donors (Lipinski definition) is 3. The molecule has 2 amide bonds. The summed E-state index contributed by atoms with van der Waals surface area (Å²) in [6.07, 6.45) is 5.56. The minimum absolute atomic E-state index is 0.0617. The molecule has 1 saturated heterocycles. The molecule has 2 aromatic heterocycles. The van der Waals surface area contributed by atoms with E-state index in [9.17, 15) is 9.59 Å². The maximum atomic E-state index is 12.0. The van der Waals surface area contributed by atoms with E-state index in [1.54, 1.807) is 16.8 Å². The Morgan fingerprint density at radius 1 is 1.23 bits per heavy atom. The lowest BCUT2D eigenvalue weighted by Crippen LogP contribution is -2.19. The van der Waals surface area contributed by atoms with Gasteiger partial charge in [0.15, 0.2) is 5.65 Å². The molecule has 0 unspecified atom stereocenters. The Labute approximate surface area is 179 Å². The van der Waals surface area contributed by atoms with E-state index in [2.05, 4.69) is 63.1 Å². The fourth-order valence-corrected chi connectivity index (χ4v) is 3.55. The molecule has 0 atom stereocenters. The lowest BCUT2D eigenvalue weighted by atomic mass is 10.1. The van der Waals surface area contributed by atoms with E-state index in [0.717, 1.165) is 12.8 Å². The van der Waals surface area contributed by atoms with Crippen molar-refractivity contribution in [1.29, 1.82) is 0 Å². The van der Waals surface area contributed by atoms with E-state index >= 15 is 0 Å². The average Bonchev–Trinajstić information content (AvgIpc) is 3.37. The van der Waals surface area contributed by atoms with Crippen LogP contribution in [0.3, 0.4) is 0 Å².